The lowest BCUT2D eigenvalue weighted by molar-refractivity contribution is 0.178. The van der Waals surface area contributed by atoms with Crippen LogP contribution < -0.4 is 10.7 Å². The van der Waals surface area contributed by atoms with Crippen molar-refractivity contribution in [2.24, 2.45) is 0 Å². The number of likely N-dealkylation sites (N-methyl/N-ethyl adjacent to an activating group) is 1. The van der Waals surface area contributed by atoms with Crippen molar-refractivity contribution in [2.75, 3.05) is 50.5 Å². The Balaban J connectivity index is 1.83. The van der Waals surface area contributed by atoms with Crippen LogP contribution in [0.4, 0.5) is 11.8 Å². The third kappa shape index (κ3) is 2.66. The van der Waals surface area contributed by atoms with Gasteiger partial charge in [0.05, 0.1) is 6.33 Å². The monoisotopic (exact) mass is 276 g/mol. The molecule has 3 N–H and O–H groups in total. The third-order valence-electron chi connectivity index (χ3n) is 3.39. The largest absolute Gasteiger partial charge is 0.354 e. The first-order valence-electron chi connectivity index (χ1n) is 6.91. The number of piperazine rings is 1. The highest BCUT2D eigenvalue weighted by atomic mass is 15.5. The molecule has 8 heteroatoms. The van der Waals surface area contributed by atoms with Gasteiger partial charge in [-0.3, -0.25) is 0 Å². The van der Waals surface area contributed by atoms with Gasteiger partial charge < -0.3 is 20.6 Å². The van der Waals surface area contributed by atoms with E-state index in [0.717, 1.165) is 44.1 Å². The fourth-order valence-corrected chi connectivity index (χ4v) is 2.22. The number of fused-ring (bicyclic) bond motifs is 1. The minimum Gasteiger partial charge on any atom is -0.354 e. The van der Waals surface area contributed by atoms with E-state index < -0.39 is 0 Å². The number of anilines is 2. The third-order valence-corrected chi connectivity index (χ3v) is 3.39. The SMILES string of the molecule is CCNc1nc(NN2CCN(C)CC2)c2[nH]cnc2n1. The predicted molar refractivity (Wildman–Crippen MR) is 78.5 cm³/mol. The molecule has 0 unspecified atom stereocenters. The minimum absolute atomic E-state index is 0.601. The Morgan fingerprint density at radius 2 is 2.05 bits per heavy atom. The van der Waals surface area contributed by atoms with Crippen molar-refractivity contribution < 1.29 is 0 Å². The second-order valence-corrected chi connectivity index (χ2v) is 4.93. The Morgan fingerprint density at radius 1 is 1.25 bits per heavy atom. The van der Waals surface area contributed by atoms with Gasteiger partial charge in [0.2, 0.25) is 5.95 Å². The molecule has 0 radical (unpaired) electrons. The number of hydrogen-bond donors (Lipinski definition) is 3. The van der Waals surface area contributed by atoms with Crippen molar-refractivity contribution in [2.45, 2.75) is 6.92 Å². The van der Waals surface area contributed by atoms with E-state index in [9.17, 15) is 0 Å². The predicted octanol–water partition coefficient (Wildman–Crippen LogP) is 0.359. The minimum atomic E-state index is 0.601. The first-order valence-corrected chi connectivity index (χ1v) is 6.91. The summed E-state index contributed by atoms with van der Waals surface area (Å²) in [5.74, 6) is 1.37. The molecule has 1 fully saturated rings. The molecule has 0 saturated carbocycles. The van der Waals surface area contributed by atoms with Crippen LogP contribution in [-0.4, -0.2) is 69.6 Å². The zero-order valence-corrected chi connectivity index (χ0v) is 11.8. The standard InChI is InChI=1S/C12H20N8/c1-3-13-12-16-10-9(14-8-15-10)11(17-12)18-20-6-4-19(2)5-7-20/h8H,3-7H2,1-2H3,(H3,13,14,15,16,17,18). The highest BCUT2D eigenvalue weighted by Crippen LogP contribution is 2.19. The molecule has 1 aliphatic heterocycles. The summed E-state index contributed by atoms with van der Waals surface area (Å²) in [4.78, 5) is 18.5. The van der Waals surface area contributed by atoms with Gasteiger partial charge in [-0.2, -0.15) is 9.97 Å². The highest BCUT2D eigenvalue weighted by Gasteiger charge is 2.16. The van der Waals surface area contributed by atoms with Gasteiger partial charge in [-0.05, 0) is 14.0 Å². The van der Waals surface area contributed by atoms with E-state index in [1.807, 2.05) is 6.92 Å². The number of nitrogens with one attached hydrogen (secondary N) is 3. The molecule has 8 nitrogen and oxygen atoms in total. The molecule has 0 atom stereocenters. The summed E-state index contributed by atoms with van der Waals surface area (Å²) < 4.78 is 0. The van der Waals surface area contributed by atoms with E-state index in [2.05, 4.69) is 47.6 Å². The Hall–Kier alpha value is -1.93. The summed E-state index contributed by atoms with van der Waals surface area (Å²) in [5, 5.41) is 5.31. The van der Waals surface area contributed by atoms with Gasteiger partial charge in [-0.1, -0.05) is 0 Å². The van der Waals surface area contributed by atoms with Gasteiger partial charge in [0.1, 0.15) is 5.52 Å². The zero-order chi connectivity index (χ0) is 13.9. The van der Waals surface area contributed by atoms with Crippen LogP contribution in [0.5, 0.6) is 0 Å². The number of hydrazine groups is 1. The second-order valence-electron chi connectivity index (χ2n) is 4.93. The molecule has 3 heterocycles. The quantitative estimate of drug-likeness (QED) is 0.743. The lowest BCUT2D eigenvalue weighted by atomic mass is 10.4. The Kier molecular flexibility index (Phi) is 3.66. The molecular formula is C12H20N8. The number of aromatic amines is 1. The van der Waals surface area contributed by atoms with Crippen molar-refractivity contribution in [3.05, 3.63) is 6.33 Å². The molecule has 3 rings (SSSR count). The smallest absolute Gasteiger partial charge is 0.226 e. The van der Waals surface area contributed by atoms with Crippen LogP contribution in [0, 0.1) is 0 Å². The first kappa shape index (κ1) is 13.1. The van der Waals surface area contributed by atoms with Gasteiger partial charge in [-0.25, -0.2) is 9.99 Å². The Bertz CT molecular complexity index is 572. The van der Waals surface area contributed by atoms with E-state index in [4.69, 9.17) is 0 Å². The van der Waals surface area contributed by atoms with Gasteiger partial charge in [0, 0.05) is 32.7 Å². The maximum atomic E-state index is 4.52. The van der Waals surface area contributed by atoms with Gasteiger partial charge in [0.25, 0.3) is 0 Å². The summed E-state index contributed by atoms with van der Waals surface area (Å²) >= 11 is 0. The highest BCUT2D eigenvalue weighted by molar-refractivity contribution is 5.83. The average molecular weight is 276 g/mol. The van der Waals surface area contributed by atoms with Crippen molar-refractivity contribution in [1.82, 2.24) is 29.8 Å². The maximum Gasteiger partial charge on any atom is 0.226 e. The molecule has 20 heavy (non-hydrogen) atoms. The number of rotatable bonds is 4. The molecule has 0 spiro atoms. The van der Waals surface area contributed by atoms with Gasteiger partial charge in [0.15, 0.2) is 11.5 Å². The van der Waals surface area contributed by atoms with Crippen molar-refractivity contribution >= 4 is 22.9 Å². The van der Waals surface area contributed by atoms with Crippen LogP contribution >= 0.6 is 0 Å². The second kappa shape index (κ2) is 5.59. The Labute approximate surface area is 117 Å². The molecule has 1 aliphatic rings. The molecule has 0 aliphatic carbocycles. The molecule has 0 bridgehead atoms. The Morgan fingerprint density at radius 3 is 2.80 bits per heavy atom. The number of nitrogens with zero attached hydrogens (tertiary/aromatic N) is 5. The van der Waals surface area contributed by atoms with Crippen LogP contribution in [0.1, 0.15) is 6.92 Å². The summed E-state index contributed by atoms with van der Waals surface area (Å²) in [7, 11) is 2.14. The van der Waals surface area contributed by atoms with Gasteiger partial charge in [-0.15, -0.1) is 0 Å². The molecule has 2 aromatic rings. The molecular weight excluding hydrogens is 256 g/mol. The first-order chi connectivity index (χ1) is 9.76. The van der Waals surface area contributed by atoms with Crippen molar-refractivity contribution in [3.63, 3.8) is 0 Å². The maximum absolute atomic E-state index is 4.52. The summed E-state index contributed by atoms with van der Waals surface area (Å²) in [6, 6.07) is 0. The van der Waals surface area contributed by atoms with Crippen LogP contribution in [0.25, 0.3) is 11.2 Å². The molecule has 0 amide bonds. The van der Waals surface area contributed by atoms with Crippen molar-refractivity contribution in [3.8, 4) is 0 Å². The molecule has 108 valence electrons. The van der Waals surface area contributed by atoms with E-state index >= 15 is 0 Å². The number of aromatic nitrogens is 4. The summed E-state index contributed by atoms with van der Waals surface area (Å²) in [6.07, 6.45) is 1.64. The zero-order valence-electron chi connectivity index (χ0n) is 11.8. The normalized spacial score (nSPS) is 17.5. The van der Waals surface area contributed by atoms with Gasteiger partial charge >= 0.3 is 0 Å². The lowest BCUT2D eigenvalue weighted by Crippen LogP contribution is -2.47. The summed E-state index contributed by atoms with van der Waals surface area (Å²) in [6.45, 7) is 6.82. The molecule has 1 saturated heterocycles. The van der Waals surface area contributed by atoms with Crippen LogP contribution in [0.2, 0.25) is 0 Å². The molecule has 2 aromatic heterocycles. The number of H-pyrrole nitrogens is 1. The van der Waals surface area contributed by atoms with Crippen molar-refractivity contribution in [1.29, 1.82) is 0 Å². The van der Waals surface area contributed by atoms with Crippen LogP contribution in [0.3, 0.4) is 0 Å². The average Bonchev–Trinajstić information content (AvgIpc) is 2.90. The number of imidazole rings is 1. The summed E-state index contributed by atoms with van der Waals surface area (Å²) in [5.41, 5.74) is 4.89. The van der Waals surface area contributed by atoms with Crippen LogP contribution in [-0.2, 0) is 0 Å². The van der Waals surface area contributed by atoms with E-state index in [-0.39, 0.29) is 0 Å². The lowest BCUT2D eigenvalue weighted by Gasteiger charge is -2.32. The van der Waals surface area contributed by atoms with Crippen LogP contribution in [0.15, 0.2) is 6.33 Å². The molecule has 0 aromatic carbocycles. The topological polar surface area (TPSA) is 85.0 Å². The number of hydrogen-bond acceptors (Lipinski definition) is 7. The van der Waals surface area contributed by atoms with E-state index in [0.29, 0.717) is 11.6 Å². The fourth-order valence-electron chi connectivity index (χ4n) is 2.22. The van der Waals surface area contributed by atoms with E-state index in [1.165, 1.54) is 0 Å². The van der Waals surface area contributed by atoms with E-state index in [1.54, 1.807) is 6.33 Å². The fraction of sp³-hybridized carbons (Fsp3) is 0.583.